The summed E-state index contributed by atoms with van der Waals surface area (Å²) >= 11 is 0. The number of carbonyl (C=O) groups excluding carboxylic acids is 1. The van der Waals surface area contributed by atoms with Crippen molar-refractivity contribution in [2.75, 3.05) is 18.8 Å². The van der Waals surface area contributed by atoms with E-state index in [4.69, 9.17) is 4.74 Å². The highest BCUT2D eigenvalue weighted by Gasteiger charge is 2.28. The van der Waals surface area contributed by atoms with E-state index in [-0.39, 0.29) is 12.4 Å². The second kappa shape index (κ2) is 8.05. The highest BCUT2D eigenvalue weighted by Crippen LogP contribution is 2.27. The highest BCUT2D eigenvalue weighted by molar-refractivity contribution is 6.45. The minimum absolute atomic E-state index is 0.0939. The molecule has 4 rings (SSSR count). The van der Waals surface area contributed by atoms with Gasteiger partial charge in [-0.2, -0.15) is 15.5 Å². The van der Waals surface area contributed by atoms with Crippen LogP contribution in [0.15, 0.2) is 70.9 Å². The maximum atomic E-state index is 12.6. The highest BCUT2D eigenvalue weighted by atomic mass is 16.5. The van der Waals surface area contributed by atoms with Crippen LogP contribution in [0.5, 0.6) is 5.75 Å². The first kappa shape index (κ1) is 19.2. The van der Waals surface area contributed by atoms with Gasteiger partial charge in [0.2, 0.25) is 5.71 Å². The van der Waals surface area contributed by atoms with Crippen molar-refractivity contribution >= 4 is 34.3 Å². The number of benzene rings is 3. The number of ether oxygens (including phenoxy) is 1. The third-order valence-corrected chi connectivity index (χ3v) is 4.84. The molecule has 0 aromatic heterocycles. The molecule has 0 saturated heterocycles. The maximum Gasteiger partial charge on any atom is 0.307 e. The minimum atomic E-state index is -0.545. The van der Waals surface area contributed by atoms with E-state index in [1.54, 1.807) is 18.3 Å². The number of rotatable bonds is 4. The lowest BCUT2D eigenvalue weighted by atomic mass is 10.0. The van der Waals surface area contributed by atoms with Crippen molar-refractivity contribution in [2.45, 2.75) is 6.92 Å². The van der Waals surface area contributed by atoms with Crippen molar-refractivity contribution in [3.8, 4) is 11.8 Å². The third kappa shape index (κ3) is 3.59. The fourth-order valence-corrected chi connectivity index (χ4v) is 3.24. The number of methoxy groups -OCH3 is 1. The first-order chi connectivity index (χ1) is 14.6. The molecule has 1 amide bonds. The predicted octanol–water partition coefficient (Wildman–Crippen LogP) is 3.68. The smallest absolute Gasteiger partial charge is 0.307 e. The van der Waals surface area contributed by atoms with E-state index in [9.17, 15) is 10.1 Å². The lowest BCUT2D eigenvalue weighted by Crippen LogP contribution is -2.45. The van der Waals surface area contributed by atoms with E-state index in [2.05, 4.69) is 10.2 Å². The number of hydrogen-bond acceptors (Lipinski definition) is 6. The number of nitrogens with zero attached hydrogens (tertiary/aromatic N) is 5. The van der Waals surface area contributed by atoms with Gasteiger partial charge in [0.1, 0.15) is 18.5 Å². The van der Waals surface area contributed by atoms with Crippen molar-refractivity contribution in [1.29, 1.82) is 5.26 Å². The quantitative estimate of drug-likeness (QED) is 0.629. The molecule has 1 heterocycles. The molecule has 0 spiro atoms. The van der Waals surface area contributed by atoms with Crippen LogP contribution in [0, 0.1) is 18.3 Å². The third-order valence-electron chi connectivity index (χ3n) is 4.84. The Hall–Kier alpha value is -4.18. The lowest BCUT2D eigenvalue weighted by Gasteiger charge is -2.29. The second-order valence-corrected chi connectivity index (χ2v) is 6.79. The molecule has 1 aliphatic rings. The van der Waals surface area contributed by atoms with Crippen molar-refractivity contribution < 1.29 is 9.53 Å². The zero-order valence-corrected chi connectivity index (χ0v) is 16.6. The first-order valence-corrected chi connectivity index (χ1v) is 9.35. The van der Waals surface area contributed by atoms with E-state index >= 15 is 0 Å². The summed E-state index contributed by atoms with van der Waals surface area (Å²) in [5.41, 5.74) is 2.41. The Morgan fingerprint density at radius 1 is 1.13 bits per heavy atom. The Kier molecular flexibility index (Phi) is 5.14. The van der Waals surface area contributed by atoms with Crippen LogP contribution in [0.3, 0.4) is 0 Å². The van der Waals surface area contributed by atoms with Crippen LogP contribution in [-0.2, 0) is 4.79 Å². The first-order valence-electron chi connectivity index (χ1n) is 9.35. The normalized spacial score (nSPS) is 14.2. The molecular weight excluding hydrogens is 378 g/mol. The Morgan fingerprint density at radius 3 is 2.63 bits per heavy atom. The van der Waals surface area contributed by atoms with Gasteiger partial charge in [0.05, 0.1) is 19.0 Å². The maximum absolute atomic E-state index is 12.6. The summed E-state index contributed by atoms with van der Waals surface area (Å²) < 4.78 is 5.48. The van der Waals surface area contributed by atoms with E-state index in [1.165, 1.54) is 5.01 Å². The molecule has 0 radical (unpaired) electrons. The number of nitriles is 1. The average Bonchev–Trinajstić information content (AvgIpc) is 2.78. The number of carbonyl (C=O) groups is 1. The van der Waals surface area contributed by atoms with E-state index in [0.29, 0.717) is 5.75 Å². The minimum Gasteiger partial charge on any atom is -0.496 e. The number of anilines is 1. The summed E-state index contributed by atoms with van der Waals surface area (Å²) in [6.07, 6.45) is 1.59. The van der Waals surface area contributed by atoms with E-state index in [1.807, 2.05) is 73.7 Å². The average molecular weight is 397 g/mol. The van der Waals surface area contributed by atoms with Crippen molar-refractivity contribution in [3.63, 3.8) is 0 Å². The van der Waals surface area contributed by atoms with Crippen LogP contribution in [-0.4, -0.2) is 36.6 Å². The molecular formula is C23H19N5O2. The lowest BCUT2D eigenvalue weighted by molar-refractivity contribution is -0.124. The molecule has 0 bridgehead atoms. The summed E-state index contributed by atoms with van der Waals surface area (Å²) in [5, 5.41) is 22.7. The van der Waals surface area contributed by atoms with Gasteiger partial charge in [-0.3, -0.25) is 4.79 Å². The Morgan fingerprint density at radius 2 is 1.90 bits per heavy atom. The predicted molar refractivity (Wildman–Crippen MR) is 117 cm³/mol. The van der Waals surface area contributed by atoms with Gasteiger partial charge >= 0.3 is 5.91 Å². The molecule has 148 valence electrons. The second-order valence-electron chi connectivity index (χ2n) is 6.79. The molecule has 7 nitrogen and oxygen atoms in total. The molecule has 0 fully saturated rings. The van der Waals surface area contributed by atoms with Crippen LogP contribution in [0.25, 0.3) is 10.8 Å². The van der Waals surface area contributed by atoms with Crippen LogP contribution in [0.4, 0.5) is 5.69 Å². The molecule has 0 atom stereocenters. The Balaban J connectivity index is 1.71. The molecule has 1 aliphatic heterocycles. The van der Waals surface area contributed by atoms with Crippen LogP contribution in [0.1, 0.15) is 11.1 Å². The van der Waals surface area contributed by atoms with Gasteiger partial charge < -0.3 is 4.74 Å². The number of hydrazone groups is 2. The largest absolute Gasteiger partial charge is 0.496 e. The van der Waals surface area contributed by atoms with Crippen molar-refractivity contribution in [2.24, 2.45) is 10.2 Å². The molecule has 7 heteroatoms. The monoisotopic (exact) mass is 397 g/mol. The standard InChI is InChI=1S/C23H19N5O2/c1-16-7-10-18(11-8-16)27-15-28(23(29)21(13-24)26-27)25-14-20-19-6-4-3-5-17(19)9-12-22(20)30-2/h3-12,14H,15H2,1-2H3/b25-14+. The van der Waals surface area contributed by atoms with Gasteiger partial charge in [-0.25, -0.2) is 10.0 Å². The zero-order valence-electron chi connectivity index (χ0n) is 16.6. The number of hydrogen-bond donors (Lipinski definition) is 0. The summed E-state index contributed by atoms with van der Waals surface area (Å²) in [6.45, 7) is 2.08. The molecule has 0 N–H and O–H groups in total. The zero-order chi connectivity index (χ0) is 21.1. The van der Waals surface area contributed by atoms with Crippen LogP contribution < -0.4 is 9.75 Å². The fourth-order valence-electron chi connectivity index (χ4n) is 3.24. The van der Waals surface area contributed by atoms with Gasteiger partial charge in [0.15, 0.2) is 0 Å². The van der Waals surface area contributed by atoms with Crippen molar-refractivity contribution in [1.82, 2.24) is 5.01 Å². The topological polar surface area (TPSA) is 81.3 Å². The molecule has 0 saturated carbocycles. The Bertz CT molecular complexity index is 1210. The van der Waals surface area contributed by atoms with Crippen molar-refractivity contribution in [3.05, 3.63) is 71.8 Å². The summed E-state index contributed by atoms with van der Waals surface area (Å²) in [5.74, 6) is 0.0998. The molecule has 0 aliphatic carbocycles. The summed E-state index contributed by atoms with van der Waals surface area (Å²) in [6, 6.07) is 21.2. The Labute approximate surface area is 174 Å². The SMILES string of the molecule is COc1ccc2ccccc2c1/C=N/N1CN(c2ccc(C)cc2)N=C(C#N)C1=O. The van der Waals surface area contributed by atoms with Gasteiger partial charge in [-0.05, 0) is 35.9 Å². The van der Waals surface area contributed by atoms with Gasteiger partial charge in [0, 0.05) is 5.56 Å². The van der Waals surface area contributed by atoms with Gasteiger partial charge in [0.25, 0.3) is 0 Å². The number of aryl methyl sites for hydroxylation is 1. The summed E-state index contributed by atoms with van der Waals surface area (Å²) in [4.78, 5) is 12.6. The summed E-state index contributed by atoms with van der Waals surface area (Å²) in [7, 11) is 1.59. The van der Waals surface area contributed by atoms with E-state index < -0.39 is 5.91 Å². The van der Waals surface area contributed by atoms with Gasteiger partial charge in [-0.15, -0.1) is 0 Å². The van der Waals surface area contributed by atoms with E-state index in [0.717, 1.165) is 27.6 Å². The van der Waals surface area contributed by atoms with Gasteiger partial charge in [-0.1, -0.05) is 48.0 Å². The molecule has 3 aromatic rings. The number of fused-ring (bicyclic) bond motifs is 1. The molecule has 3 aromatic carbocycles. The van der Waals surface area contributed by atoms with Crippen LogP contribution in [0.2, 0.25) is 0 Å². The van der Waals surface area contributed by atoms with Crippen LogP contribution >= 0.6 is 0 Å². The number of amides is 1. The molecule has 0 unspecified atom stereocenters. The fraction of sp³-hybridized carbons (Fsp3) is 0.130. The molecule has 30 heavy (non-hydrogen) atoms.